The third-order valence-electron chi connectivity index (χ3n) is 3.22. The first-order chi connectivity index (χ1) is 9.29. The van der Waals surface area contributed by atoms with Crippen molar-refractivity contribution in [1.29, 1.82) is 0 Å². The zero-order valence-corrected chi connectivity index (χ0v) is 10.1. The number of fused-ring (bicyclic) bond motifs is 1. The number of benzene rings is 3. The van der Waals surface area contributed by atoms with Crippen molar-refractivity contribution in [3.8, 4) is 11.1 Å². The van der Waals surface area contributed by atoms with Crippen molar-refractivity contribution in [2.24, 2.45) is 0 Å². The Morgan fingerprint density at radius 3 is 2.47 bits per heavy atom. The van der Waals surface area contributed by atoms with Crippen molar-refractivity contribution < 1.29 is 9.18 Å². The van der Waals surface area contributed by atoms with Crippen molar-refractivity contribution >= 4 is 17.1 Å². The van der Waals surface area contributed by atoms with Crippen LogP contribution in [0.15, 0.2) is 60.7 Å². The van der Waals surface area contributed by atoms with Gasteiger partial charge in [0.2, 0.25) is 0 Å². The lowest BCUT2D eigenvalue weighted by Gasteiger charge is -2.09. The van der Waals surface area contributed by atoms with E-state index >= 15 is 0 Å². The molecule has 0 radical (unpaired) electrons. The molecule has 0 aliphatic rings. The van der Waals surface area contributed by atoms with Gasteiger partial charge in [-0.3, -0.25) is 4.79 Å². The van der Waals surface area contributed by atoms with E-state index in [1.807, 2.05) is 42.5 Å². The highest BCUT2D eigenvalue weighted by Gasteiger charge is 2.08. The molecule has 19 heavy (non-hydrogen) atoms. The molecule has 0 fully saturated rings. The standard InChI is InChI=1S/C17H11FO/c18-14-8-9-16(13(10-14)11-19)17-7-3-5-12-4-1-2-6-15(12)17/h1-11H. The van der Waals surface area contributed by atoms with Crippen LogP contribution in [0.25, 0.3) is 21.9 Å². The normalized spacial score (nSPS) is 10.6. The molecule has 0 atom stereocenters. The SMILES string of the molecule is O=Cc1cc(F)ccc1-c1cccc2ccccc12. The Kier molecular flexibility index (Phi) is 2.84. The van der Waals surface area contributed by atoms with E-state index in [4.69, 9.17) is 0 Å². The average Bonchev–Trinajstić information content (AvgIpc) is 2.46. The van der Waals surface area contributed by atoms with Crippen LogP contribution in [-0.2, 0) is 0 Å². The second-order valence-electron chi connectivity index (χ2n) is 4.38. The summed E-state index contributed by atoms with van der Waals surface area (Å²) < 4.78 is 13.2. The zero-order valence-electron chi connectivity index (χ0n) is 10.1. The van der Waals surface area contributed by atoms with Crippen LogP contribution < -0.4 is 0 Å². The molecule has 0 saturated heterocycles. The molecule has 3 aromatic carbocycles. The summed E-state index contributed by atoms with van der Waals surface area (Å²) in [5.41, 5.74) is 2.07. The van der Waals surface area contributed by atoms with E-state index in [1.165, 1.54) is 12.1 Å². The second-order valence-corrected chi connectivity index (χ2v) is 4.38. The van der Waals surface area contributed by atoms with Gasteiger partial charge < -0.3 is 0 Å². The van der Waals surface area contributed by atoms with Gasteiger partial charge in [0, 0.05) is 5.56 Å². The summed E-state index contributed by atoms with van der Waals surface area (Å²) in [6.07, 6.45) is 0.695. The van der Waals surface area contributed by atoms with E-state index < -0.39 is 5.82 Å². The predicted molar refractivity (Wildman–Crippen MR) is 74.7 cm³/mol. The Bertz CT molecular complexity index is 757. The third-order valence-corrected chi connectivity index (χ3v) is 3.22. The zero-order chi connectivity index (χ0) is 13.2. The van der Waals surface area contributed by atoms with Gasteiger partial charge in [0.1, 0.15) is 5.82 Å². The van der Waals surface area contributed by atoms with Gasteiger partial charge in [0.15, 0.2) is 6.29 Å². The van der Waals surface area contributed by atoms with Crippen LogP contribution >= 0.6 is 0 Å². The molecule has 0 aliphatic heterocycles. The lowest BCUT2D eigenvalue weighted by atomic mass is 9.95. The molecule has 0 spiro atoms. The molecule has 0 heterocycles. The fraction of sp³-hybridized carbons (Fsp3) is 0. The van der Waals surface area contributed by atoms with E-state index in [-0.39, 0.29) is 0 Å². The summed E-state index contributed by atoms with van der Waals surface area (Å²) >= 11 is 0. The molecule has 0 aromatic heterocycles. The number of hydrogen-bond acceptors (Lipinski definition) is 1. The molecule has 1 nitrogen and oxygen atoms in total. The molecular formula is C17H11FO. The predicted octanol–water partition coefficient (Wildman–Crippen LogP) is 4.46. The molecule has 0 unspecified atom stereocenters. The van der Waals surface area contributed by atoms with Crippen LogP contribution in [0.4, 0.5) is 4.39 Å². The first-order valence-corrected chi connectivity index (χ1v) is 6.02. The van der Waals surface area contributed by atoms with E-state index in [0.29, 0.717) is 11.8 Å². The minimum atomic E-state index is -0.397. The maximum absolute atomic E-state index is 13.2. The fourth-order valence-electron chi connectivity index (χ4n) is 2.34. The van der Waals surface area contributed by atoms with Crippen LogP contribution in [0, 0.1) is 5.82 Å². The highest BCUT2D eigenvalue weighted by Crippen LogP contribution is 2.30. The van der Waals surface area contributed by atoms with Gasteiger partial charge >= 0.3 is 0 Å². The summed E-state index contributed by atoms with van der Waals surface area (Å²) in [4.78, 5) is 11.1. The monoisotopic (exact) mass is 250 g/mol. The minimum absolute atomic E-state index is 0.372. The van der Waals surface area contributed by atoms with Crippen LogP contribution in [0.3, 0.4) is 0 Å². The lowest BCUT2D eigenvalue weighted by molar-refractivity contribution is 0.112. The molecule has 0 aliphatic carbocycles. The molecule has 92 valence electrons. The molecule has 3 rings (SSSR count). The van der Waals surface area contributed by atoms with Crippen LogP contribution in [0.5, 0.6) is 0 Å². The van der Waals surface area contributed by atoms with Crippen LogP contribution in [-0.4, -0.2) is 6.29 Å². The Balaban J connectivity index is 2.33. The van der Waals surface area contributed by atoms with Crippen molar-refractivity contribution in [1.82, 2.24) is 0 Å². The molecule has 3 aromatic rings. The van der Waals surface area contributed by atoms with Gasteiger partial charge in [0.25, 0.3) is 0 Å². The fourth-order valence-corrected chi connectivity index (χ4v) is 2.34. The van der Waals surface area contributed by atoms with E-state index in [0.717, 1.165) is 21.9 Å². The topological polar surface area (TPSA) is 17.1 Å². The summed E-state index contributed by atoms with van der Waals surface area (Å²) in [5.74, 6) is -0.397. The van der Waals surface area contributed by atoms with Crippen molar-refractivity contribution in [2.75, 3.05) is 0 Å². The third kappa shape index (κ3) is 2.02. The Morgan fingerprint density at radius 1 is 0.842 bits per heavy atom. The van der Waals surface area contributed by atoms with Crippen LogP contribution in [0.1, 0.15) is 10.4 Å². The molecule has 0 N–H and O–H groups in total. The number of carbonyl (C=O) groups excluding carboxylic acids is 1. The maximum Gasteiger partial charge on any atom is 0.150 e. The molecule has 0 amide bonds. The molecular weight excluding hydrogens is 239 g/mol. The van der Waals surface area contributed by atoms with Gasteiger partial charge in [-0.1, -0.05) is 48.5 Å². The van der Waals surface area contributed by atoms with Crippen molar-refractivity contribution in [3.05, 3.63) is 72.0 Å². The average molecular weight is 250 g/mol. The second kappa shape index (κ2) is 4.65. The molecule has 0 bridgehead atoms. The quantitative estimate of drug-likeness (QED) is 0.614. The van der Waals surface area contributed by atoms with Crippen LogP contribution in [0.2, 0.25) is 0 Å². The van der Waals surface area contributed by atoms with Gasteiger partial charge in [-0.05, 0) is 34.0 Å². The van der Waals surface area contributed by atoms with Gasteiger partial charge in [0.05, 0.1) is 0 Å². The first kappa shape index (κ1) is 11.6. The summed E-state index contributed by atoms with van der Waals surface area (Å²) in [7, 11) is 0. The molecule has 0 saturated carbocycles. The van der Waals surface area contributed by atoms with E-state index in [2.05, 4.69) is 0 Å². The van der Waals surface area contributed by atoms with E-state index in [9.17, 15) is 9.18 Å². The number of aldehydes is 1. The van der Waals surface area contributed by atoms with Crippen molar-refractivity contribution in [3.63, 3.8) is 0 Å². The number of hydrogen-bond donors (Lipinski definition) is 0. The highest BCUT2D eigenvalue weighted by molar-refractivity contribution is 6.00. The number of carbonyl (C=O) groups is 1. The largest absolute Gasteiger partial charge is 0.298 e. The summed E-state index contributed by atoms with van der Waals surface area (Å²) in [6.45, 7) is 0. The highest BCUT2D eigenvalue weighted by atomic mass is 19.1. The van der Waals surface area contributed by atoms with Crippen molar-refractivity contribution in [2.45, 2.75) is 0 Å². The van der Waals surface area contributed by atoms with Gasteiger partial charge in [-0.25, -0.2) is 4.39 Å². The van der Waals surface area contributed by atoms with Gasteiger partial charge in [-0.2, -0.15) is 0 Å². The number of rotatable bonds is 2. The first-order valence-electron chi connectivity index (χ1n) is 6.02. The summed E-state index contributed by atoms with van der Waals surface area (Å²) in [6, 6.07) is 18.1. The maximum atomic E-state index is 13.2. The van der Waals surface area contributed by atoms with Gasteiger partial charge in [-0.15, -0.1) is 0 Å². The number of halogens is 1. The summed E-state index contributed by atoms with van der Waals surface area (Å²) in [5, 5.41) is 2.15. The molecule has 2 heteroatoms. The Hall–Kier alpha value is -2.48. The smallest absolute Gasteiger partial charge is 0.150 e. The Morgan fingerprint density at radius 2 is 1.63 bits per heavy atom. The lowest BCUT2D eigenvalue weighted by Crippen LogP contribution is -1.90. The minimum Gasteiger partial charge on any atom is -0.298 e. The van der Waals surface area contributed by atoms with E-state index in [1.54, 1.807) is 6.07 Å². The Labute approximate surface area is 110 Å².